The van der Waals surface area contributed by atoms with Gasteiger partial charge in [0, 0.05) is 11.5 Å². The van der Waals surface area contributed by atoms with E-state index >= 15 is 0 Å². The van der Waals surface area contributed by atoms with E-state index in [0.717, 1.165) is 0 Å². The minimum atomic E-state index is -0.558. The predicted octanol–water partition coefficient (Wildman–Crippen LogP) is 2.42. The van der Waals surface area contributed by atoms with Crippen LogP contribution in [0.2, 0.25) is 0 Å². The van der Waals surface area contributed by atoms with Crippen LogP contribution in [0.4, 0.5) is 0 Å². The normalized spacial score (nSPS) is 11.9. The molecule has 0 aliphatic rings. The maximum absolute atomic E-state index is 11.3. The lowest BCUT2D eigenvalue weighted by atomic mass is 9.96. The zero-order chi connectivity index (χ0) is 14.6. The lowest BCUT2D eigenvalue weighted by molar-refractivity contribution is -0.139. The third-order valence-corrected chi connectivity index (χ3v) is 2.82. The summed E-state index contributed by atoms with van der Waals surface area (Å²) in [5, 5.41) is 28.2. The molecule has 19 heavy (non-hydrogen) atoms. The highest BCUT2D eigenvalue weighted by molar-refractivity contribution is 5.86. The number of aromatic hydroxyl groups is 3. The van der Waals surface area contributed by atoms with Crippen LogP contribution in [0.15, 0.2) is 24.3 Å². The van der Waals surface area contributed by atoms with Crippen LogP contribution < -0.4 is 0 Å². The van der Waals surface area contributed by atoms with E-state index in [1.54, 1.807) is 6.92 Å². The summed E-state index contributed by atoms with van der Waals surface area (Å²) in [7, 11) is 0. The lowest BCUT2D eigenvalue weighted by Gasteiger charge is -2.16. The van der Waals surface area contributed by atoms with Crippen LogP contribution in [0.25, 0.3) is 0 Å². The number of ether oxygens (including phenoxy) is 1. The molecule has 1 rings (SSSR count). The molecular weight excluding hydrogens is 248 g/mol. The lowest BCUT2D eigenvalue weighted by Crippen LogP contribution is -2.12. The van der Waals surface area contributed by atoms with Crippen LogP contribution in [-0.4, -0.2) is 27.9 Å². The second-order valence-corrected chi connectivity index (χ2v) is 4.39. The van der Waals surface area contributed by atoms with E-state index in [-0.39, 0.29) is 12.5 Å². The summed E-state index contributed by atoms with van der Waals surface area (Å²) in [5.41, 5.74) is 0.899. The van der Waals surface area contributed by atoms with Crippen molar-refractivity contribution in [3.63, 3.8) is 0 Å². The van der Waals surface area contributed by atoms with Crippen molar-refractivity contribution in [2.75, 3.05) is 6.61 Å². The van der Waals surface area contributed by atoms with Crippen LogP contribution in [0.1, 0.15) is 31.7 Å². The highest BCUT2D eigenvalue weighted by atomic mass is 16.5. The van der Waals surface area contributed by atoms with Gasteiger partial charge in [0.05, 0.1) is 6.61 Å². The molecule has 0 aromatic heterocycles. The molecule has 3 N–H and O–H groups in total. The summed E-state index contributed by atoms with van der Waals surface area (Å²) < 4.78 is 5.06. The Morgan fingerprint density at radius 2 is 1.84 bits per heavy atom. The van der Waals surface area contributed by atoms with Crippen molar-refractivity contribution >= 4 is 5.97 Å². The Morgan fingerprint density at radius 3 is 2.26 bits per heavy atom. The van der Waals surface area contributed by atoms with Crippen LogP contribution >= 0.6 is 0 Å². The number of phenols is 3. The fourth-order valence-electron chi connectivity index (χ4n) is 1.61. The van der Waals surface area contributed by atoms with Gasteiger partial charge in [-0.05, 0) is 31.0 Å². The van der Waals surface area contributed by atoms with E-state index in [1.807, 2.05) is 6.92 Å². The summed E-state index contributed by atoms with van der Waals surface area (Å²) in [4.78, 5) is 11.3. The number of phenolic OH excluding ortho intramolecular Hbond substituents is 3. The van der Waals surface area contributed by atoms with Gasteiger partial charge in [-0.2, -0.15) is 0 Å². The number of hydrogen-bond donors (Lipinski definition) is 3. The van der Waals surface area contributed by atoms with E-state index in [2.05, 4.69) is 6.58 Å². The van der Waals surface area contributed by atoms with Crippen molar-refractivity contribution in [3.8, 4) is 17.2 Å². The quantitative estimate of drug-likeness (QED) is 0.433. The van der Waals surface area contributed by atoms with Gasteiger partial charge in [0.25, 0.3) is 0 Å². The molecule has 0 aliphatic heterocycles. The van der Waals surface area contributed by atoms with Gasteiger partial charge in [-0.1, -0.05) is 13.5 Å². The number of hydrogen-bond acceptors (Lipinski definition) is 5. The molecular formula is C14H18O5. The third kappa shape index (κ3) is 3.64. The zero-order valence-corrected chi connectivity index (χ0v) is 11.0. The van der Waals surface area contributed by atoms with Crippen molar-refractivity contribution in [3.05, 3.63) is 29.8 Å². The first kappa shape index (κ1) is 14.9. The van der Waals surface area contributed by atoms with E-state index in [0.29, 0.717) is 17.6 Å². The number of carbonyl (C=O) groups is 1. The van der Waals surface area contributed by atoms with Gasteiger partial charge < -0.3 is 20.1 Å². The van der Waals surface area contributed by atoms with E-state index in [4.69, 9.17) is 4.74 Å². The largest absolute Gasteiger partial charge is 0.504 e. The summed E-state index contributed by atoms with van der Waals surface area (Å²) in [6.07, 6.45) is 0.646. The Morgan fingerprint density at radius 1 is 1.32 bits per heavy atom. The smallest absolute Gasteiger partial charge is 0.333 e. The van der Waals surface area contributed by atoms with E-state index in [1.165, 1.54) is 12.1 Å². The fraction of sp³-hybridized carbons (Fsp3) is 0.357. The van der Waals surface area contributed by atoms with Crippen LogP contribution in [0.5, 0.6) is 17.2 Å². The zero-order valence-electron chi connectivity index (χ0n) is 11.0. The van der Waals surface area contributed by atoms with Crippen LogP contribution in [0, 0.1) is 0 Å². The maximum atomic E-state index is 11.3. The van der Waals surface area contributed by atoms with Gasteiger partial charge >= 0.3 is 5.97 Å². The Hall–Kier alpha value is -2.17. The molecule has 0 heterocycles. The molecule has 0 saturated carbocycles. The van der Waals surface area contributed by atoms with Crippen molar-refractivity contribution < 1.29 is 24.9 Å². The molecule has 1 aromatic carbocycles. The molecule has 5 heteroatoms. The fourth-order valence-corrected chi connectivity index (χ4v) is 1.61. The average molecular weight is 266 g/mol. The first-order valence-corrected chi connectivity index (χ1v) is 5.94. The molecule has 104 valence electrons. The number of carbonyl (C=O) groups excluding carboxylic acids is 1. The SMILES string of the molecule is C=C(C)C(=O)OCC(CC)c1cc(O)c(O)c(O)c1. The second kappa shape index (κ2) is 6.13. The van der Waals surface area contributed by atoms with E-state index in [9.17, 15) is 20.1 Å². The number of rotatable bonds is 5. The number of benzene rings is 1. The standard InChI is InChI=1S/C14H18O5/c1-4-9(7-19-14(18)8(2)3)10-5-11(15)13(17)12(16)6-10/h5-6,9,15-17H,2,4,7H2,1,3H3. The molecule has 1 aromatic rings. The molecule has 1 unspecified atom stereocenters. The Kier molecular flexibility index (Phi) is 4.80. The minimum absolute atomic E-state index is 0.117. The summed E-state index contributed by atoms with van der Waals surface area (Å²) in [6.45, 7) is 7.05. The molecule has 0 aliphatic carbocycles. The number of esters is 1. The predicted molar refractivity (Wildman–Crippen MR) is 70.2 cm³/mol. The Balaban J connectivity index is 2.86. The summed E-state index contributed by atoms with van der Waals surface area (Å²) in [5.74, 6) is -2.02. The Labute approximate surface area is 111 Å². The Bertz CT molecular complexity index is 470. The van der Waals surface area contributed by atoms with Gasteiger partial charge in [-0.15, -0.1) is 0 Å². The molecule has 0 spiro atoms. The molecule has 1 atom stereocenters. The highest BCUT2D eigenvalue weighted by Gasteiger charge is 2.17. The summed E-state index contributed by atoms with van der Waals surface area (Å²) >= 11 is 0. The maximum Gasteiger partial charge on any atom is 0.333 e. The molecule has 0 radical (unpaired) electrons. The van der Waals surface area contributed by atoms with Gasteiger partial charge in [0.1, 0.15) is 0 Å². The van der Waals surface area contributed by atoms with E-state index < -0.39 is 23.2 Å². The van der Waals surface area contributed by atoms with Gasteiger partial charge in [0.2, 0.25) is 0 Å². The topological polar surface area (TPSA) is 87.0 Å². The first-order chi connectivity index (χ1) is 8.86. The molecule has 0 bridgehead atoms. The highest BCUT2D eigenvalue weighted by Crippen LogP contribution is 2.38. The van der Waals surface area contributed by atoms with Crippen molar-refractivity contribution in [1.82, 2.24) is 0 Å². The molecule has 0 saturated heterocycles. The molecule has 0 amide bonds. The van der Waals surface area contributed by atoms with Crippen LogP contribution in [-0.2, 0) is 9.53 Å². The van der Waals surface area contributed by atoms with Gasteiger partial charge in [0.15, 0.2) is 17.2 Å². The monoisotopic (exact) mass is 266 g/mol. The van der Waals surface area contributed by atoms with Gasteiger partial charge in [-0.25, -0.2) is 4.79 Å². The van der Waals surface area contributed by atoms with Crippen molar-refractivity contribution in [2.24, 2.45) is 0 Å². The molecule has 5 nitrogen and oxygen atoms in total. The second-order valence-electron chi connectivity index (χ2n) is 4.39. The van der Waals surface area contributed by atoms with Gasteiger partial charge in [-0.3, -0.25) is 0 Å². The van der Waals surface area contributed by atoms with Crippen molar-refractivity contribution in [1.29, 1.82) is 0 Å². The first-order valence-electron chi connectivity index (χ1n) is 5.94. The van der Waals surface area contributed by atoms with Crippen LogP contribution in [0.3, 0.4) is 0 Å². The minimum Gasteiger partial charge on any atom is -0.504 e. The average Bonchev–Trinajstić information content (AvgIpc) is 2.36. The van der Waals surface area contributed by atoms with Crippen molar-refractivity contribution in [2.45, 2.75) is 26.2 Å². The molecule has 0 fully saturated rings. The third-order valence-electron chi connectivity index (χ3n) is 2.82. The summed E-state index contributed by atoms with van der Waals surface area (Å²) in [6, 6.07) is 2.69.